The third kappa shape index (κ3) is 3.07. The largest absolute Gasteiger partial charge is 0.479 e. The van der Waals surface area contributed by atoms with E-state index in [9.17, 15) is 9.18 Å². The first-order chi connectivity index (χ1) is 6.91. The van der Waals surface area contributed by atoms with Crippen molar-refractivity contribution in [1.29, 1.82) is 0 Å². The Bertz CT molecular complexity index is 397. The van der Waals surface area contributed by atoms with Crippen LogP contribution in [0.1, 0.15) is 6.92 Å². The molecule has 0 unspecified atom stereocenters. The molecule has 0 aliphatic carbocycles. The molecule has 0 amide bonds. The molecule has 82 valence electrons. The standard InChI is InChI=1S/C9H7BrClFO3/c1-4(9(13)14)15-8-3-7(12)6(11)2-5(8)10/h2-4H,1H3,(H,13,14)/t4-/m0/s1. The maximum atomic E-state index is 13.0. The summed E-state index contributed by atoms with van der Waals surface area (Å²) in [6, 6.07) is 2.34. The van der Waals surface area contributed by atoms with Gasteiger partial charge in [-0.1, -0.05) is 11.6 Å². The van der Waals surface area contributed by atoms with Crippen molar-refractivity contribution < 1.29 is 19.0 Å². The number of aliphatic carboxylic acids is 1. The first-order valence-electron chi connectivity index (χ1n) is 3.96. The fraction of sp³-hybridized carbons (Fsp3) is 0.222. The summed E-state index contributed by atoms with van der Waals surface area (Å²) in [5, 5.41) is 8.54. The molecule has 1 aromatic carbocycles. The number of rotatable bonds is 3. The molecule has 0 aliphatic heterocycles. The lowest BCUT2D eigenvalue weighted by atomic mass is 10.3. The van der Waals surface area contributed by atoms with Crippen LogP contribution in [-0.4, -0.2) is 17.2 Å². The van der Waals surface area contributed by atoms with Crippen molar-refractivity contribution >= 4 is 33.5 Å². The highest BCUT2D eigenvalue weighted by Crippen LogP contribution is 2.31. The van der Waals surface area contributed by atoms with Crippen LogP contribution in [0.5, 0.6) is 5.75 Å². The van der Waals surface area contributed by atoms with E-state index in [-0.39, 0.29) is 10.8 Å². The summed E-state index contributed by atoms with van der Waals surface area (Å²) in [5.74, 6) is -1.68. The molecule has 0 radical (unpaired) electrons. The topological polar surface area (TPSA) is 46.5 Å². The molecule has 1 atom stereocenters. The van der Waals surface area contributed by atoms with Gasteiger partial charge in [-0.15, -0.1) is 0 Å². The van der Waals surface area contributed by atoms with Crippen molar-refractivity contribution in [3.8, 4) is 5.75 Å². The van der Waals surface area contributed by atoms with Crippen LogP contribution in [0, 0.1) is 5.82 Å². The molecule has 0 aromatic heterocycles. The molecule has 0 fully saturated rings. The van der Waals surface area contributed by atoms with E-state index in [1.54, 1.807) is 0 Å². The molecule has 6 heteroatoms. The number of halogens is 3. The Kier molecular flexibility index (Phi) is 3.93. The van der Waals surface area contributed by atoms with E-state index in [2.05, 4.69) is 15.9 Å². The van der Waals surface area contributed by atoms with Gasteiger partial charge in [0.1, 0.15) is 11.6 Å². The molecular weight excluding hydrogens is 290 g/mol. The van der Waals surface area contributed by atoms with Crippen molar-refractivity contribution in [2.24, 2.45) is 0 Å². The van der Waals surface area contributed by atoms with E-state index in [1.807, 2.05) is 0 Å². The number of carboxylic acid groups (broad SMARTS) is 1. The maximum Gasteiger partial charge on any atom is 0.344 e. The second-order valence-electron chi connectivity index (χ2n) is 2.80. The summed E-state index contributed by atoms with van der Waals surface area (Å²) in [6.45, 7) is 1.35. The van der Waals surface area contributed by atoms with Crippen molar-refractivity contribution in [1.82, 2.24) is 0 Å². The van der Waals surface area contributed by atoms with Gasteiger partial charge in [-0.2, -0.15) is 0 Å². The quantitative estimate of drug-likeness (QED) is 0.872. The van der Waals surface area contributed by atoms with Crippen LogP contribution in [0.15, 0.2) is 16.6 Å². The van der Waals surface area contributed by atoms with E-state index in [0.29, 0.717) is 4.47 Å². The van der Waals surface area contributed by atoms with Crippen LogP contribution in [0.3, 0.4) is 0 Å². The monoisotopic (exact) mass is 296 g/mol. The van der Waals surface area contributed by atoms with Gasteiger partial charge in [-0.25, -0.2) is 9.18 Å². The zero-order valence-corrected chi connectivity index (χ0v) is 9.97. The highest BCUT2D eigenvalue weighted by atomic mass is 79.9. The molecule has 1 aromatic rings. The Morgan fingerprint density at radius 3 is 2.80 bits per heavy atom. The lowest BCUT2D eigenvalue weighted by Crippen LogP contribution is -2.23. The van der Waals surface area contributed by atoms with Crippen molar-refractivity contribution in [3.63, 3.8) is 0 Å². The molecule has 1 rings (SSSR count). The molecule has 1 N–H and O–H groups in total. The van der Waals surface area contributed by atoms with E-state index in [0.717, 1.165) is 6.07 Å². The highest BCUT2D eigenvalue weighted by molar-refractivity contribution is 9.10. The molecule has 0 heterocycles. The van der Waals surface area contributed by atoms with Crippen molar-refractivity contribution in [3.05, 3.63) is 27.4 Å². The van der Waals surface area contributed by atoms with E-state index in [4.69, 9.17) is 21.4 Å². The third-order valence-electron chi connectivity index (χ3n) is 1.63. The van der Waals surface area contributed by atoms with Crippen molar-refractivity contribution in [2.75, 3.05) is 0 Å². The minimum absolute atomic E-state index is 0.0581. The molecule has 0 aliphatic rings. The van der Waals surface area contributed by atoms with Crippen LogP contribution >= 0.6 is 27.5 Å². The van der Waals surface area contributed by atoms with Gasteiger partial charge in [-0.3, -0.25) is 0 Å². The molecular formula is C9H7BrClFO3. The zero-order valence-electron chi connectivity index (χ0n) is 7.63. The minimum Gasteiger partial charge on any atom is -0.479 e. The number of hydrogen-bond donors (Lipinski definition) is 1. The average molecular weight is 298 g/mol. The Hall–Kier alpha value is -0.810. The summed E-state index contributed by atoms with van der Waals surface area (Å²) in [7, 11) is 0. The summed E-state index contributed by atoms with van der Waals surface area (Å²) < 4.78 is 18.4. The van der Waals surface area contributed by atoms with Crippen LogP contribution < -0.4 is 4.74 Å². The first kappa shape index (κ1) is 12.3. The zero-order chi connectivity index (χ0) is 11.6. The van der Waals surface area contributed by atoms with Gasteiger partial charge in [0.15, 0.2) is 6.10 Å². The molecule has 0 bridgehead atoms. The van der Waals surface area contributed by atoms with Gasteiger partial charge >= 0.3 is 5.97 Å². The number of hydrogen-bond acceptors (Lipinski definition) is 2. The Balaban J connectivity index is 2.95. The van der Waals surface area contributed by atoms with E-state index >= 15 is 0 Å². The predicted molar refractivity (Wildman–Crippen MR) is 56.8 cm³/mol. The molecule has 0 spiro atoms. The average Bonchev–Trinajstić information content (AvgIpc) is 2.13. The number of carbonyl (C=O) groups is 1. The predicted octanol–water partition coefficient (Wildman–Crippen LogP) is 3.09. The van der Waals surface area contributed by atoms with Gasteiger partial charge in [0, 0.05) is 6.07 Å². The lowest BCUT2D eigenvalue weighted by molar-refractivity contribution is -0.144. The van der Waals surface area contributed by atoms with Crippen LogP contribution in [0.4, 0.5) is 4.39 Å². The van der Waals surface area contributed by atoms with Gasteiger partial charge < -0.3 is 9.84 Å². The Morgan fingerprint density at radius 2 is 2.27 bits per heavy atom. The van der Waals surface area contributed by atoms with E-state index < -0.39 is 17.9 Å². The molecule has 0 saturated carbocycles. The second-order valence-corrected chi connectivity index (χ2v) is 4.06. The summed E-state index contributed by atoms with van der Waals surface area (Å²) in [4.78, 5) is 10.5. The van der Waals surface area contributed by atoms with Gasteiger partial charge in [0.05, 0.1) is 9.50 Å². The Morgan fingerprint density at radius 1 is 1.67 bits per heavy atom. The SMILES string of the molecule is C[C@H](Oc1cc(F)c(Cl)cc1Br)C(=O)O. The normalized spacial score (nSPS) is 12.3. The number of ether oxygens (including phenoxy) is 1. The molecule has 0 saturated heterocycles. The minimum atomic E-state index is -1.13. The Labute approximate surface area is 98.9 Å². The summed E-state index contributed by atoms with van der Waals surface area (Å²) in [6.07, 6.45) is -1.05. The van der Waals surface area contributed by atoms with Crippen molar-refractivity contribution in [2.45, 2.75) is 13.0 Å². The number of benzene rings is 1. The summed E-state index contributed by atoms with van der Waals surface area (Å²) in [5.41, 5.74) is 0. The molecule has 3 nitrogen and oxygen atoms in total. The smallest absolute Gasteiger partial charge is 0.344 e. The first-order valence-corrected chi connectivity index (χ1v) is 5.13. The van der Waals surface area contributed by atoms with Gasteiger partial charge in [0.25, 0.3) is 0 Å². The molecule has 15 heavy (non-hydrogen) atoms. The lowest BCUT2D eigenvalue weighted by Gasteiger charge is -2.12. The summed E-state index contributed by atoms with van der Waals surface area (Å²) >= 11 is 8.60. The fourth-order valence-electron chi connectivity index (χ4n) is 0.835. The van der Waals surface area contributed by atoms with Crippen LogP contribution in [0.2, 0.25) is 5.02 Å². The van der Waals surface area contributed by atoms with E-state index in [1.165, 1.54) is 13.0 Å². The highest BCUT2D eigenvalue weighted by Gasteiger charge is 2.15. The van der Waals surface area contributed by atoms with Crippen LogP contribution in [0.25, 0.3) is 0 Å². The maximum absolute atomic E-state index is 13.0. The second kappa shape index (κ2) is 4.81. The fourth-order valence-corrected chi connectivity index (χ4v) is 1.57. The van der Waals surface area contributed by atoms with Crippen LogP contribution in [-0.2, 0) is 4.79 Å². The van der Waals surface area contributed by atoms with Gasteiger partial charge in [-0.05, 0) is 28.9 Å². The van der Waals surface area contributed by atoms with Gasteiger partial charge in [0.2, 0.25) is 0 Å². The third-order valence-corrected chi connectivity index (χ3v) is 2.54. The number of carboxylic acids is 1.